The second kappa shape index (κ2) is 7.37. The van der Waals surface area contributed by atoms with E-state index in [1.807, 2.05) is 18.2 Å². The number of benzene rings is 2. The van der Waals surface area contributed by atoms with E-state index < -0.39 is 21.7 Å². The molecule has 0 spiro atoms. The lowest BCUT2D eigenvalue weighted by molar-refractivity contribution is -0.134. The lowest BCUT2D eigenvalue weighted by Crippen LogP contribution is -2.40. The van der Waals surface area contributed by atoms with Crippen molar-refractivity contribution in [3.63, 3.8) is 0 Å². The van der Waals surface area contributed by atoms with E-state index in [1.54, 1.807) is 0 Å². The highest BCUT2D eigenvalue weighted by Crippen LogP contribution is 2.30. The Labute approximate surface area is 148 Å². The Balaban J connectivity index is 1.64. The first-order valence-corrected chi connectivity index (χ1v) is 9.91. The smallest absolute Gasteiger partial charge is 0.320 e. The van der Waals surface area contributed by atoms with Crippen LogP contribution >= 0.6 is 0 Å². The topological polar surface area (TPSA) is 74.7 Å². The van der Waals surface area contributed by atoms with Gasteiger partial charge in [0.2, 0.25) is 10.0 Å². The highest BCUT2D eigenvalue weighted by Gasteiger charge is 2.30. The Bertz CT molecular complexity index is 823. The highest BCUT2D eigenvalue weighted by molar-refractivity contribution is 7.89. The molecule has 0 aliphatic carbocycles. The predicted molar refractivity (Wildman–Crippen MR) is 96.8 cm³/mol. The van der Waals surface area contributed by atoms with Crippen LogP contribution in [0.15, 0.2) is 54.6 Å². The van der Waals surface area contributed by atoms with Crippen molar-refractivity contribution in [1.82, 2.24) is 4.31 Å². The zero-order valence-corrected chi connectivity index (χ0v) is 14.7. The number of rotatable bonds is 5. The van der Waals surface area contributed by atoms with Gasteiger partial charge >= 0.3 is 5.97 Å². The van der Waals surface area contributed by atoms with Gasteiger partial charge in [-0.1, -0.05) is 54.6 Å². The second-order valence-corrected chi connectivity index (χ2v) is 8.28. The van der Waals surface area contributed by atoms with Crippen molar-refractivity contribution in [2.24, 2.45) is 0 Å². The molecule has 0 saturated carbocycles. The summed E-state index contributed by atoms with van der Waals surface area (Å²) in [5.41, 5.74) is 3.53. The van der Waals surface area contributed by atoms with Crippen LogP contribution in [0.1, 0.15) is 24.3 Å². The maximum Gasteiger partial charge on any atom is 0.320 e. The minimum absolute atomic E-state index is 0.307. The third-order valence-electron chi connectivity index (χ3n) is 4.64. The summed E-state index contributed by atoms with van der Waals surface area (Å²) in [6.07, 6.45) is 1.42. The van der Waals surface area contributed by atoms with E-state index in [0.29, 0.717) is 31.8 Å². The summed E-state index contributed by atoms with van der Waals surface area (Å²) in [4.78, 5) is 10.7. The molecule has 1 heterocycles. The quantitative estimate of drug-likeness (QED) is 0.891. The molecule has 6 heteroatoms. The number of hydrogen-bond donors (Lipinski definition) is 1. The molecule has 5 nitrogen and oxygen atoms in total. The molecule has 3 rings (SSSR count). The molecule has 132 valence electrons. The molecule has 1 aliphatic heterocycles. The third kappa shape index (κ3) is 4.27. The van der Waals surface area contributed by atoms with Gasteiger partial charge in [-0.15, -0.1) is 0 Å². The second-order valence-electron chi connectivity index (χ2n) is 6.31. The Kier molecular flexibility index (Phi) is 5.20. The third-order valence-corrected chi connectivity index (χ3v) is 6.41. The maximum absolute atomic E-state index is 12.0. The van der Waals surface area contributed by atoms with Gasteiger partial charge in [-0.3, -0.25) is 4.79 Å². The lowest BCUT2D eigenvalue weighted by atomic mass is 9.89. The van der Waals surface area contributed by atoms with E-state index >= 15 is 0 Å². The molecule has 0 aromatic heterocycles. The zero-order chi connectivity index (χ0) is 17.9. The molecule has 0 bridgehead atoms. The van der Waals surface area contributed by atoms with Crippen LogP contribution in [0.2, 0.25) is 0 Å². The number of hydrogen-bond acceptors (Lipinski definition) is 3. The number of carbonyl (C=O) groups is 1. The average molecular weight is 359 g/mol. The van der Waals surface area contributed by atoms with Crippen LogP contribution in [0.4, 0.5) is 0 Å². The van der Waals surface area contributed by atoms with Crippen molar-refractivity contribution < 1.29 is 18.3 Å². The lowest BCUT2D eigenvalue weighted by Gasteiger charge is -2.31. The molecular formula is C19H21NO4S. The maximum atomic E-state index is 12.0. The summed E-state index contributed by atoms with van der Waals surface area (Å²) in [5, 5.41) is 8.72. The molecule has 1 fully saturated rings. The number of carboxylic acids is 1. The Morgan fingerprint density at radius 2 is 1.52 bits per heavy atom. The molecule has 1 aliphatic rings. The standard InChI is InChI=1S/C19H21NO4S/c21-19(22)14-25(23,24)20-12-10-18(11-13-20)17-8-6-16(7-9-17)15-4-2-1-3-5-15/h1-9,18H,10-14H2,(H,21,22). The van der Waals surface area contributed by atoms with Crippen LogP contribution in [0.25, 0.3) is 11.1 Å². The van der Waals surface area contributed by atoms with Crippen molar-refractivity contribution in [3.05, 3.63) is 60.2 Å². The molecule has 2 aromatic carbocycles. The van der Waals surface area contributed by atoms with Gasteiger partial charge in [0.05, 0.1) is 0 Å². The van der Waals surface area contributed by atoms with Crippen LogP contribution in [0, 0.1) is 0 Å². The van der Waals surface area contributed by atoms with Gasteiger partial charge < -0.3 is 5.11 Å². The van der Waals surface area contributed by atoms with Crippen molar-refractivity contribution in [2.45, 2.75) is 18.8 Å². The van der Waals surface area contributed by atoms with Crippen molar-refractivity contribution in [2.75, 3.05) is 18.8 Å². The summed E-state index contributed by atoms with van der Waals surface area (Å²) in [5.74, 6) is -1.83. The number of sulfonamides is 1. The summed E-state index contributed by atoms with van der Waals surface area (Å²) in [6.45, 7) is 0.751. The van der Waals surface area contributed by atoms with E-state index in [-0.39, 0.29) is 0 Å². The summed E-state index contributed by atoms with van der Waals surface area (Å²) >= 11 is 0. The number of piperidine rings is 1. The van der Waals surface area contributed by atoms with Crippen LogP contribution in [-0.2, 0) is 14.8 Å². The molecule has 0 radical (unpaired) electrons. The number of aliphatic carboxylic acids is 1. The van der Waals surface area contributed by atoms with Gasteiger partial charge in [0.25, 0.3) is 0 Å². The zero-order valence-electron chi connectivity index (χ0n) is 13.8. The Morgan fingerprint density at radius 3 is 2.08 bits per heavy atom. The van der Waals surface area contributed by atoms with E-state index in [4.69, 9.17) is 5.11 Å². The normalized spacial score (nSPS) is 16.6. The van der Waals surface area contributed by atoms with Crippen molar-refractivity contribution >= 4 is 16.0 Å². The molecule has 1 saturated heterocycles. The predicted octanol–water partition coefficient (Wildman–Crippen LogP) is 2.95. The summed E-state index contributed by atoms with van der Waals surface area (Å²) < 4.78 is 25.3. The average Bonchev–Trinajstić information content (AvgIpc) is 2.62. The van der Waals surface area contributed by atoms with Crippen LogP contribution < -0.4 is 0 Å². The first-order chi connectivity index (χ1) is 12.0. The van der Waals surface area contributed by atoms with E-state index in [1.165, 1.54) is 15.4 Å². The molecule has 0 atom stereocenters. The Morgan fingerprint density at radius 1 is 0.960 bits per heavy atom. The molecule has 0 amide bonds. The number of carboxylic acid groups (broad SMARTS) is 1. The summed E-state index contributed by atoms with van der Waals surface area (Å²) in [6, 6.07) is 18.6. The van der Waals surface area contributed by atoms with Gasteiger partial charge in [0.1, 0.15) is 0 Å². The van der Waals surface area contributed by atoms with Crippen LogP contribution in [-0.4, -0.2) is 42.6 Å². The Hall–Kier alpha value is -2.18. The van der Waals surface area contributed by atoms with Crippen molar-refractivity contribution in [3.8, 4) is 11.1 Å². The fraction of sp³-hybridized carbons (Fsp3) is 0.316. The molecular weight excluding hydrogens is 338 g/mol. The SMILES string of the molecule is O=C(O)CS(=O)(=O)N1CCC(c2ccc(-c3ccccc3)cc2)CC1. The first-order valence-electron chi connectivity index (χ1n) is 8.31. The number of nitrogens with zero attached hydrogens (tertiary/aromatic N) is 1. The van der Waals surface area contributed by atoms with E-state index in [0.717, 1.165) is 5.56 Å². The molecule has 25 heavy (non-hydrogen) atoms. The molecule has 2 aromatic rings. The van der Waals surface area contributed by atoms with Gasteiger partial charge in [-0.25, -0.2) is 12.7 Å². The minimum atomic E-state index is -3.70. The van der Waals surface area contributed by atoms with Gasteiger partial charge in [0, 0.05) is 13.1 Å². The van der Waals surface area contributed by atoms with E-state index in [9.17, 15) is 13.2 Å². The fourth-order valence-corrected chi connectivity index (χ4v) is 4.55. The van der Waals surface area contributed by atoms with Gasteiger partial charge in [-0.2, -0.15) is 0 Å². The van der Waals surface area contributed by atoms with Crippen LogP contribution in [0.3, 0.4) is 0 Å². The minimum Gasteiger partial charge on any atom is -0.480 e. The first kappa shape index (κ1) is 17.6. The van der Waals surface area contributed by atoms with Crippen LogP contribution in [0.5, 0.6) is 0 Å². The van der Waals surface area contributed by atoms with Gasteiger partial charge in [-0.05, 0) is 35.4 Å². The molecule has 1 N–H and O–H groups in total. The monoisotopic (exact) mass is 359 g/mol. The molecule has 0 unspecified atom stereocenters. The fourth-order valence-electron chi connectivity index (χ4n) is 3.29. The van der Waals surface area contributed by atoms with Gasteiger partial charge in [0.15, 0.2) is 5.75 Å². The largest absolute Gasteiger partial charge is 0.480 e. The highest BCUT2D eigenvalue weighted by atomic mass is 32.2. The van der Waals surface area contributed by atoms with E-state index in [2.05, 4.69) is 36.4 Å². The van der Waals surface area contributed by atoms with Crippen molar-refractivity contribution in [1.29, 1.82) is 0 Å². The summed E-state index contributed by atoms with van der Waals surface area (Å²) in [7, 11) is -3.70.